The van der Waals surface area contributed by atoms with Crippen LogP contribution in [0.15, 0.2) is 18.2 Å². The van der Waals surface area contributed by atoms with Crippen LogP contribution in [0.2, 0.25) is 10.0 Å². The molecule has 0 aromatic heterocycles. The fourth-order valence-corrected chi connectivity index (χ4v) is 2.39. The molecule has 6 heteroatoms. The molecule has 4 nitrogen and oxygen atoms in total. The van der Waals surface area contributed by atoms with Gasteiger partial charge in [-0.15, -0.1) is 0 Å². The molecule has 1 amide bonds. The lowest BCUT2D eigenvalue weighted by Crippen LogP contribution is -2.45. The minimum absolute atomic E-state index is 0.0186. The highest BCUT2D eigenvalue weighted by Crippen LogP contribution is 2.26. The molecule has 0 fully saturated rings. The molecule has 0 spiro atoms. The molecule has 0 aliphatic carbocycles. The van der Waals surface area contributed by atoms with Gasteiger partial charge in [-0.2, -0.15) is 0 Å². The molecule has 0 radical (unpaired) electrons. The van der Waals surface area contributed by atoms with E-state index >= 15 is 0 Å². The molecule has 0 saturated carbocycles. The molecule has 1 atom stereocenters. The Morgan fingerprint density at radius 2 is 1.76 bits per heavy atom. The number of hydrogen-bond donors (Lipinski definition) is 2. The number of halogens is 2. The van der Waals surface area contributed by atoms with E-state index in [-0.39, 0.29) is 24.2 Å². The van der Waals surface area contributed by atoms with Crippen molar-refractivity contribution in [1.29, 1.82) is 0 Å². The first-order chi connectivity index (χ1) is 9.61. The molecule has 1 aromatic carbocycles. The molecular formula is C15H19Cl2NO3. The van der Waals surface area contributed by atoms with Crippen LogP contribution in [0.3, 0.4) is 0 Å². The van der Waals surface area contributed by atoms with Crippen LogP contribution >= 0.6 is 23.2 Å². The van der Waals surface area contributed by atoms with Crippen molar-refractivity contribution in [2.24, 2.45) is 5.41 Å². The summed E-state index contributed by atoms with van der Waals surface area (Å²) < 4.78 is 0. The highest BCUT2D eigenvalue weighted by Gasteiger charge is 2.28. The average Bonchev–Trinajstić information content (AvgIpc) is 2.31. The summed E-state index contributed by atoms with van der Waals surface area (Å²) in [6.45, 7) is 5.64. The molecule has 21 heavy (non-hydrogen) atoms. The largest absolute Gasteiger partial charge is 0.481 e. The van der Waals surface area contributed by atoms with E-state index in [9.17, 15) is 9.59 Å². The van der Waals surface area contributed by atoms with Gasteiger partial charge in [0, 0.05) is 16.1 Å². The van der Waals surface area contributed by atoms with Crippen molar-refractivity contribution in [3.8, 4) is 0 Å². The first-order valence-corrected chi connectivity index (χ1v) is 7.31. The number of nitrogens with one attached hydrogen (secondary N) is 1. The smallest absolute Gasteiger partial charge is 0.305 e. The molecule has 116 valence electrons. The third kappa shape index (κ3) is 5.56. The van der Waals surface area contributed by atoms with Crippen LogP contribution in [-0.4, -0.2) is 23.0 Å². The monoisotopic (exact) mass is 331 g/mol. The number of rotatable bonds is 5. The number of carboxylic acids is 1. The number of amides is 1. The molecular weight excluding hydrogens is 313 g/mol. The van der Waals surface area contributed by atoms with Crippen molar-refractivity contribution in [2.45, 2.75) is 39.7 Å². The zero-order valence-corrected chi connectivity index (χ0v) is 13.8. The van der Waals surface area contributed by atoms with Gasteiger partial charge in [-0.1, -0.05) is 50.0 Å². The third-order valence-electron chi connectivity index (χ3n) is 3.16. The minimum Gasteiger partial charge on any atom is -0.481 e. The molecule has 0 bridgehead atoms. The van der Waals surface area contributed by atoms with Gasteiger partial charge in [0.15, 0.2) is 0 Å². The summed E-state index contributed by atoms with van der Waals surface area (Å²) in [7, 11) is 0. The van der Waals surface area contributed by atoms with Crippen LogP contribution < -0.4 is 5.32 Å². The number of carbonyl (C=O) groups excluding carboxylic acids is 1. The highest BCUT2D eigenvalue weighted by molar-refractivity contribution is 6.36. The van der Waals surface area contributed by atoms with Crippen molar-refractivity contribution < 1.29 is 14.7 Å². The molecule has 1 unspecified atom stereocenters. The standard InChI is InChI=1S/C15H19Cl2NO3/c1-15(2,3)12(8-14(20)21)18-13(19)7-9-10(16)5-4-6-11(9)17/h4-6,12H,7-8H2,1-3H3,(H,18,19)(H,20,21). The lowest BCUT2D eigenvalue weighted by molar-refractivity contribution is -0.138. The predicted molar refractivity (Wildman–Crippen MR) is 83.8 cm³/mol. The van der Waals surface area contributed by atoms with E-state index in [0.717, 1.165) is 0 Å². The maximum atomic E-state index is 12.1. The minimum atomic E-state index is -0.953. The van der Waals surface area contributed by atoms with Crippen molar-refractivity contribution in [3.63, 3.8) is 0 Å². The van der Waals surface area contributed by atoms with Crippen molar-refractivity contribution in [3.05, 3.63) is 33.8 Å². The van der Waals surface area contributed by atoms with E-state index in [1.807, 2.05) is 20.8 Å². The molecule has 1 rings (SSSR count). The summed E-state index contributed by atoms with van der Waals surface area (Å²) in [5, 5.41) is 12.5. The number of hydrogen-bond acceptors (Lipinski definition) is 2. The number of aliphatic carboxylic acids is 1. The molecule has 0 aliphatic rings. The Balaban J connectivity index is 2.81. The summed E-state index contributed by atoms with van der Waals surface area (Å²) in [5.74, 6) is -1.25. The van der Waals surface area contributed by atoms with E-state index in [0.29, 0.717) is 15.6 Å². The zero-order chi connectivity index (χ0) is 16.2. The van der Waals surface area contributed by atoms with Crippen LogP contribution in [0.4, 0.5) is 0 Å². The van der Waals surface area contributed by atoms with Crippen LogP contribution in [0.25, 0.3) is 0 Å². The van der Waals surface area contributed by atoms with Gasteiger partial charge in [0.1, 0.15) is 0 Å². The SMILES string of the molecule is CC(C)(C)C(CC(=O)O)NC(=O)Cc1c(Cl)cccc1Cl. The Morgan fingerprint density at radius 3 is 2.19 bits per heavy atom. The van der Waals surface area contributed by atoms with E-state index in [1.165, 1.54) is 0 Å². The van der Waals surface area contributed by atoms with Crippen LogP contribution in [0.5, 0.6) is 0 Å². The Kier molecular flexibility index (Phi) is 6.05. The second-order valence-electron chi connectivity index (χ2n) is 5.96. The molecule has 1 aromatic rings. The summed E-state index contributed by atoms with van der Waals surface area (Å²) in [5.41, 5.74) is 0.180. The summed E-state index contributed by atoms with van der Waals surface area (Å²) in [6, 6.07) is 4.56. The van der Waals surface area contributed by atoms with Crippen molar-refractivity contribution in [2.75, 3.05) is 0 Å². The van der Waals surface area contributed by atoms with Crippen LogP contribution in [0, 0.1) is 5.41 Å². The van der Waals surface area contributed by atoms with Gasteiger partial charge in [-0.25, -0.2) is 0 Å². The number of carboxylic acid groups (broad SMARTS) is 1. The van der Waals surface area contributed by atoms with Gasteiger partial charge in [0.25, 0.3) is 0 Å². The third-order valence-corrected chi connectivity index (χ3v) is 3.87. The first kappa shape index (κ1) is 17.8. The normalized spacial score (nSPS) is 12.8. The quantitative estimate of drug-likeness (QED) is 0.867. The highest BCUT2D eigenvalue weighted by atomic mass is 35.5. The Hall–Kier alpha value is -1.26. The average molecular weight is 332 g/mol. The topological polar surface area (TPSA) is 66.4 Å². The van der Waals surface area contributed by atoms with Gasteiger partial charge in [-0.3, -0.25) is 9.59 Å². The van der Waals surface area contributed by atoms with Gasteiger partial charge in [-0.05, 0) is 23.1 Å². The second-order valence-corrected chi connectivity index (χ2v) is 6.78. The maximum Gasteiger partial charge on any atom is 0.305 e. The fourth-order valence-electron chi connectivity index (χ4n) is 1.86. The maximum absolute atomic E-state index is 12.1. The lowest BCUT2D eigenvalue weighted by Gasteiger charge is -2.30. The van der Waals surface area contributed by atoms with E-state index in [1.54, 1.807) is 18.2 Å². The number of carbonyl (C=O) groups is 2. The summed E-state index contributed by atoms with van der Waals surface area (Å²) in [6.07, 6.45) is -0.115. The van der Waals surface area contributed by atoms with Gasteiger partial charge < -0.3 is 10.4 Å². The first-order valence-electron chi connectivity index (χ1n) is 6.55. The summed E-state index contributed by atoms with van der Waals surface area (Å²) in [4.78, 5) is 23.0. The Morgan fingerprint density at radius 1 is 1.24 bits per heavy atom. The van der Waals surface area contributed by atoms with E-state index < -0.39 is 12.0 Å². The Labute approximate surface area is 134 Å². The van der Waals surface area contributed by atoms with Crippen LogP contribution in [-0.2, 0) is 16.0 Å². The van der Waals surface area contributed by atoms with Gasteiger partial charge >= 0.3 is 5.97 Å². The Bertz CT molecular complexity index is 518. The van der Waals surface area contributed by atoms with Gasteiger partial charge in [0.05, 0.1) is 12.8 Å². The fraction of sp³-hybridized carbons (Fsp3) is 0.467. The second kappa shape index (κ2) is 7.14. The lowest BCUT2D eigenvalue weighted by atomic mass is 9.84. The van der Waals surface area contributed by atoms with Crippen molar-refractivity contribution >= 4 is 35.1 Å². The van der Waals surface area contributed by atoms with Gasteiger partial charge in [0.2, 0.25) is 5.91 Å². The molecule has 0 aliphatic heterocycles. The van der Waals surface area contributed by atoms with E-state index in [2.05, 4.69) is 5.32 Å². The number of benzene rings is 1. The molecule has 0 heterocycles. The van der Waals surface area contributed by atoms with Crippen molar-refractivity contribution in [1.82, 2.24) is 5.32 Å². The van der Waals surface area contributed by atoms with E-state index in [4.69, 9.17) is 28.3 Å². The molecule has 0 saturated heterocycles. The summed E-state index contributed by atoms with van der Waals surface area (Å²) >= 11 is 12.1. The zero-order valence-electron chi connectivity index (χ0n) is 12.2. The predicted octanol–water partition coefficient (Wildman–Crippen LogP) is 3.54. The molecule has 2 N–H and O–H groups in total. The van der Waals surface area contributed by atoms with Crippen LogP contribution in [0.1, 0.15) is 32.8 Å².